The lowest BCUT2D eigenvalue weighted by molar-refractivity contribution is 0.104. The highest BCUT2D eigenvalue weighted by atomic mass is 16.5. The standard InChI is InChI=1S/C13H11N3O3/c17-13-4-3-10-2-1-9(5-12(10)19-13)7-18-8-11-6-14-16-15-11/h1-6H,7-8H2,(H,14,15,16). The van der Waals surface area contributed by atoms with Gasteiger partial charge in [0.2, 0.25) is 0 Å². The summed E-state index contributed by atoms with van der Waals surface area (Å²) in [5.41, 5.74) is 1.89. The molecule has 0 atom stereocenters. The van der Waals surface area contributed by atoms with Crippen LogP contribution >= 0.6 is 0 Å². The van der Waals surface area contributed by atoms with Crippen LogP contribution in [0.25, 0.3) is 11.0 Å². The molecule has 0 saturated heterocycles. The zero-order valence-corrected chi connectivity index (χ0v) is 10.00. The monoisotopic (exact) mass is 257 g/mol. The van der Waals surface area contributed by atoms with Gasteiger partial charge in [-0.25, -0.2) is 4.79 Å². The smallest absolute Gasteiger partial charge is 0.336 e. The fraction of sp³-hybridized carbons (Fsp3) is 0.154. The summed E-state index contributed by atoms with van der Waals surface area (Å²) in [5.74, 6) is 0. The van der Waals surface area contributed by atoms with E-state index in [1.165, 1.54) is 6.07 Å². The SMILES string of the molecule is O=c1ccc2ccc(COCc3cn[nH]n3)cc2o1. The van der Waals surface area contributed by atoms with Crippen molar-refractivity contribution >= 4 is 11.0 Å². The largest absolute Gasteiger partial charge is 0.423 e. The molecule has 0 aliphatic carbocycles. The highest BCUT2D eigenvalue weighted by molar-refractivity contribution is 5.76. The Balaban J connectivity index is 1.72. The van der Waals surface area contributed by atoms with Crippen molar-refractivity contribution in [3.8, 4) is 0 Å². The summed E-state index contributed by atoms with van der Waals surface area (Å²) >= 11 is 0. The average Bonchev–Trinajstić information content (AvgIpc) is 2.91. The van der Waals surface area contributed by atoms with Crippen LogP contribution < -0.4 is 5.63 Å². The van der Waals surface area contributed by atoms with Crippen molar-refractivity contribution in [2.75, 3.05) is 0 Å². The van der Waals surface area contributed by atoms with Gasteiger partial charge in [0.15, 0.2) is 0 Å². The molecule has 1 aromatic carbocycles. The molecule has 0 spiro atoms. The summed E-state index contributed by atoms with van der Waals surface area (Å²) in [7, 11) is 0. The first-order valence-electron chi connectivity index (χ1n) is 5.76. The van der Waals surface area contributed by atoms with Crippen molar-refractivity contribution in [2.24, 2.45) is 0 Å². The molecular weight excluding hydrogens is 246 g/mol. The molecule has 96 valence electrons. The molecular formula is C13H11N3O3. The summed E-state index contributed by atoms with van der Waals surface area (Å²) in [5, 5.41) is 11.0. The second kappa shape index (κ2) is 5.03. The lowest BCUT2D eigenvalue weighted by Crippen LogP contribution is -1.97. The highest BCUT2D eigenvalue weighted by Gasteiger charge is 2.01. The van der Waals surface area contributed by atoms with Crippen molar-refractivity contribution in [1.29, 1.82) is 0 Å². The second-order valence-electron chi connectivity index (χ2n) is 4.08. The molecule has 0 radical (unpaired) electrons. The number of aromatic nitrogens is 3. The van der Waals surface area contributed by atoms with E-state index < -0.39 is 0 Å². The number of benzene rings is 1. The highest BCUT2D eigenvalue weighted by Crippen LogP contribution is 2.14. The molecule has 0 fully saturated rings. The van der Waals surface area contributed by atoms with Gasteiger partial charge in [-0.3, -0.25) is 0 Å². The minimum Gasteiger partial charge on any atom is -0.423 e. The van der Waals surface area contributed by atoms with Gasteiger partial charge in [0.1, 0.15) is 11.3 Å². The summed E-state index contributed by atoms with van der Waals surface area (Å²) in [4.78, 5) is 11.1. The Morgan fingerprint density at radius 1 is 1.21 bits per heavy atom. The molecule has 0 amide bonds. The Hall–Kier alpha value is -2.47. The topological polar surface area (TPSA) is 81.0 Å². The second-order valence-corrected chi connectivity index (χ2v) is 4.08. The van der Waals surface area contributed by atoms with E-state index in [-0.39, 0.29) is 5.63 Å². The predicted molar refractivity (Wildman–Crippen MR) is 67.4 cm³/mol. The van der Waals surface area contributed by atoms with Crippen LogP contribution in [0.1, 0.15) is 11.3 Å². The molecule has 19 heavy (non-hydrogen) atoms. The van der Waals surface area contributed by atoms with Gasteiger partial charge >= 0.3 is 5.63 Å². The van der Waals surface area contributed by atoms with Crippen LogP contribution in [0.4, 0.5) is 0 Å². The number of nitrogens with zero attached hydrogens (tertiary/aromatic N) is 2. The zero-order chi connectivity index (χ0) is 13.1. The number of nitrogens with one attached hydrogen (secondary N) is 1. The molecule has 6 heteroatoms. The van der Waals surface area contributed by atoms with Crippen molar-refractivity contribution in [3.05, 3.63) is 58.2 Å². The van der Waals surface area contributed by atoms with Crippen molar-refractivity contribution in [3.63, 3.8) is 0 Å². The third-order valence-corrected chi connectivity index (χ3v) is 2.67. The first kappa shape index (κ1) is 11.6. The fourth-order valence-electron chi connectivity index (χ4n) is 1.76. The molecule has 0 aliphatic rings. The maximum atomic E-state index is 11.1. The van der Waals surface area contributed by atoms with E-state index >= 15 is 0 Å². The fourth-order valence-corrected chi connectivity index (χ4v) is 1.76. The molecule has 0 aliphatic heterocycles. The molecule has 3 aromatic rings. The summed E-state index contributed by atoms with van der Waals surface area (Å²) in [6.07, 6.45) is 1.61. The third-order valence-electron chi connectivity index (χ3n) is 2.67. The zero-order valence-electron chi connectivity index (χ0n) is 10.00. The van der Waals surface area contributed by atoms with E-state index in [1.807, 2.05) is 12.1 Å². The number of rotatable bonds is 4. The van der Waals surface area contributed by atoms with Crippen molar-refractivity contribution in [1.82, 2.24) is 15.4 Å². The van der Waals surface area contributed by atoms with Gasteiger partial charge in [0.25, 0.3) is 0 Å². The summed E-state index contributed by atoms with van der Waals surface area (Å²) < 4.78 is 10.6. The minimum atomic E-state index is -0.354. The maximum absolute atomic E-state index is 11.1. The van der Waals surface area contributed by atoms with E-state index in [2.05, 4.69) is 15.4 Å². The molecule has 2 aromatic heterocycles. The number of hydrogen-bond acceptors (Lipinski definition) is 5. The van der Waals surface area contributed by atoms with Crippen molar-refractivity contribution < 1.29 is 9.15 Å². The van der Waals surface area contributed by atoms with Crippen LogP contribution in [0.5, 0.6) is 0 Å². The minimum absolute atomic E-state index is 0.354. The Morgan fingerprint density at radius 3 is 2.95 bits per heavy atom. The Labute approximate surface area is 108 Å². The Bertz CT molecular complexity index is 734. The Morgan fingerprint density at radius 2 is 2.11 bits per heavy atom. The van der Waals surface area contributed by atoms with Gasteiger partial charge in [0.05, 0.1) is 19.4 Å². The molecule has 3 rings (SSSR count). The van der Waals surface area contributed by atoms with E-state index in [4.69, 9.17) is 9.15 Å². The van der Waals surface area contributed by atoms with Gasteiger partial charge in [0, 0.05) is 11.5 Å². The quantitative estimate of drug-likeness (QED) is 0.718. The molecule has 0 bridgehead atoms. The lowest BCUT2D eigenvalue weighted by Gasteiger charge is -2.03. The molecule has 6 nitrogen and oxygen atoms in total. The molecule has 2 heterocycles. The van der Waals surface area contributed by atoms with Gasteiger partial charge in [-0.15, -0.1) is 0 Å². The van der Waals surface area contributed by atoms with Gasteiger partial charge in [-0.1, -0.05) is 12.1 Å². The van der Waals surface area contributed by atoms with Crippen LogP contribution in [0.2, 0.25) is 0 Å². The summed E-state index contributed by atoms with van der Waals surface area (Å²) in [6, 6.07) is 8.78. The first-order valence-corrected chi connectivity index (χ1v) is 5.76. The van der Waals surface area contributed by atoms with Crippen LogP contribution in [0, 0.1) is 0 Å². The van der Waals surface area contributed by atoms with Gasteiger partial charge in [-0.05, 0) is 17.7 Å². The number of hydrogen-bond donors (Lipinski definition) is 1. The number of aromatic amines is 1. The van der Waals surface area contributed by atoms with Crippen molar-refractivity contribution in [2.45, 2.75) is 13.2 Å². The van der Waals surface area contributed by atoms with E-state index in [0.717, 1.165) is 16.6 Å². The first-order chi connectivity index (χ1) is 9.31. The lowest BCUT2D eigenvalue weighted by atomic mass is 10.1. The van der Waals surface area contributed by atoms with Crippen LogP contribution in [0.15, 0.2) is 45.7 Å². The van der Waals surface area contributed by atoms with Gasteiger partial charge < -0.3 is 9.15 Å². The van der Waals surface area contributed by atoms with E-state index in [0.29, 0.717) is 18.8 Å². The number of H-pyrrole nitrogens is 1. The number of ether oxygens (including phenoxy) is 1. The third kappa shape index (κ3) is 2.69. The van der Waals surface area contributed by atoms with Crippen LogP contribution in [-0.2, 0) is 18.0 Å². The van der Waals surface area contributed by atoms with E-state index in [1.54, 1.807) is 18.3 Å². The Kier molecular flexibility index (Phi) is 3.07. The molecule has 0 unspecified atom stereocenters. The normalized spacial score (nSPS) is 10.9. The van der Waals surface area contributed by atoms with Crippen LogP contribution in [0.3, 0.4) is 0 Å². The molecule has 0 saturated carbocycles. The van der Waals surface area contributed by atoms with Gasteiger partial charge in [-0.2, -0.15) is 15.4 Å². The average molecular weight is 257 g/mol. The molecule has 1 N–H and O–H groups in total. The summed E-state index contributed by atoms with van der Waals surface area (Å²) in [6.45, 7) is 0.800. The van der Waals surface area contributed by atoms with E-state index in [9.17, 15) is 4.79 Å². The maximum Gasteiger partial charge on any atom is 0.336 e. The predicted octanol–water partition coefficient (Wildman–Crippen LogP) is 1.63. The van der Waals surface area contributed by atoms with Crippen LogP contribution in [-0.4, -0.2) is 15.4 Å². The number of fused-ring (bicyclic) bond motifs is 1.